The van der Waals surface area contributed by atoms with Gasteiger partial charge >= 0.3 is 0 Å². The molecule has 7 nitrogen and oxygen atoms in total. The number of nitrogens with zero attached hydrogens (tertiary/aromatic N) is 3. The molecule has 1 atom stereocenters. The molecular weight excluding hydrogens is 424 g/mol. The third kappa shape index (κ3) is 5.70. The maximum atomic E-state index is 12.3. The zero-order chi connectivity index (χ0) is 22.3. The average molecular weight is 453 g/mol. The number of para-hydroxylation sites is 1. The van der Waals surface area contributed by atoms with Crippen LogP contribution in [0.15, 0.2) is 60.8 Å². The minimum Gasteiger partial charge on any atom is -0.326 e. The van der Waals surface area contributed by atoms with Crippen molar-refractivity contribution in [2.75, 3.05) is 29.3 Å². The molecule has 168 valence electrons. The molecule has 4 rings (SSSR count). The highest BCUT2D eigenvalue weighted by molar-refractivity contribution is 7.80. The highest BCUT2D eigenvalue weighted by Crippen LogP contribution is 2.27. The zero-order valence-electron chi connectivity index (χ0n) is 17.9. The van der Waals surface area contributed by atoms with E-state index in [9.17, 15) is 13.6 Å². The van der Waals surface area contributed by atoms with Gasteiger partial charge in [-0.15, -0.1) is 0 Å². The van der Waals surface area contributed by atoms with Gasteiger partial charge in [0.1, 0.15) is 0 Å². The maximum absolute atomic E-state index is 12.3. The number of amides is 1. The standard InChI is InChI=1S/C24H28N4O3S/c29-23(13-17-27-15-2-1-3-16-27)26-21-11-9-19(10-12-21)18-28(32(30)31)22-8-4-6-20-7-5-14-25-24(20)22/h4-12,14H,1-3,13,15-18H2,(H,26,29)(H,30,31). The Labute approximate surface area is 190 Å². The van der Waals surface area contributed by atoms with Crippen LogP contribution in [-0.2, 0) is 22.6 Å². The Morgan fingerprint density at radius 2 is 1.81 bits per heavy atom. The van der Waals surface area contributed by atoms with Crippen molar-refractivity contribution in [2.24, 2.45) is 0 Å². The molecule has 2 heterocycles. The number of likely N-dealkylation sites (tertiary alicyclic amines) is 1. The fourth-order valence-corrected chi connectivity index (χ4v) is 4.61. The van der Waals surface area contributed by atoms with Crippen LogP contribution in [0.25, 0.3) is 10.9 Å². The van der Waals surface area contributed by atoms with E-state index in [2.05, 4.69) is 15.2 Å². The van der Waals surface area contributed by atoms with Gasteiger partial charge in [-0.05, 0) is 55.8 Å². The molecule has 0 saturated carbocycles. The maximum Gasteiger partial charge on any atom is 0.262 e. The van der Waals surface area contributed by atoms with E-state index in [1.54, 1.807) is 12.3 Å². The van der Waals surface area contributed by atoms with Gasteiger partial charge in [-0.1, -0.05) is 36.8 Å². The van der Waals surface area contributed by atoms with E-state index in [1.165, 1.54) is 23.6 Å². The van der Waals surface area contributed by atoms with Gasteiger partial charge < -0.3 is 10.2 Å². The topological polar surface area (TPSA) is 85.8 Å². The van der Waals surface area contributed by atoms with E-state index >= 15 is 0 Å². The average Bonchev–Trinajstić information content (AvgIpc) is 2.82. The van der Waals surface area contributed by atoms with E-state index in [0.29, 0.717) is 17.6 Å². The second-order valence-electron chi connectivity index (χ2n) is 8.02. The van der Waals surface area contributed by atoms with Crippen LogP contribution in [0.4, 0.5) is 11.4 Å². The predicted octanol–water partition coefficient (Wildman–Crippen LogP) is 4.19. The molecule has 1 saturated heterocycles. The summed E-state index contributed by atoms with van der Waals surface area (Å²) in [6.07, 6.45) is 5.87. The van der Waals surface area contributed by atoms with Crippen molar-refractivity contribution < 1.29 is 13.6 Å². The van der Waals surface area contributed by atoms with E-state index in [4.69, 9.17) is 0 Å². The van der Waals surface area contributed by atoms with Crippen LogP contribution in [-0.4, -0.2) is 44.2 Å². The number of nitrogens with one attached hydrogen (secondary N) is 1. The Morgan fingerprint density at radius 3 is 2.56 bits per heavy atom. The minimum atomic E-state index is -2.21. The van der Waals surface area contributed by atoms with E-state index in [1.807, 2.05) is 48.5 Å². The summed E-state index contributed by atoms with van der Waals surface area (Å²) in [5.74, 6) is 0.00300. The summed E-state index contributed by atoms with van der Waals surface area (Å²) in [6.45, 7) is 3.19. The lowest BCUT2D eigenvalue weighted by Crippen LogP contribution is -2.32. The first-order chi connectivity index (χ1) is 15.6. The van der Waals surface area contributed by atoms with E-state index in [0.717, 1.165) is 36.3 Å². The number of anilines is 2. The molecule has 0 spiro atoms. The molecule has 1 unspecified atom stereocenters. The molecule has 0 radical (unpaired) electrons. The van der Waals surface area contributed by atoms with Crippen molar-refractivity contribution in [3.05, 3.63) is 66.4 Å². The normalized spacial score (nSPS) is 15.4. The smallest absolute Gasteiger partial charge is 0.262 e. The monoisotopic (exact) mass is 452 g/mol. The number of carbonyl (C=O) groups is 1. The predicted molar refractivity (Wildman–Crippen MR) is 129 cm³/mol. The Kier molecular flexibility index (Phi) is 7.47. The van der Waals surface area contributed by atoms with Crippen LogP contribution in [0.3, 0.4) is 0 Å². The number of pyridine rings is 1. The van der Waals surface area contributed by atoms with E-state index < -0.39 is 11.3 Å². The SMILES string of the molecule is O=C(CCN1CCCCC1)Nc1ccc(CN(c2cccc3cccnc23)S(=O)O)cc1. The second-order valence-corrected chi connectivity index (χ2v) is 8.92. The van der Waals surface area contributed by atoms with Crippen LogP contribution in [0.5, 0.6) is 0 Å². The van der Waals surface area contributed by atoms with Gasteiger partial charge in [0, 0.05) is 30.2 Å². The summed E-state index contributed by atoms with van der Waals surface area (Å²) in [7, 11) is 0. The van der Waals surface area contributed by atoms with Crippen molar-refractivity contribution in [1.29, 1.82) is 0 Å². The van der Waals surface area contributed by atoms with Gasteiger partial charge in [-0.25, -0.2) is 4.21 Å². The summed E-state index contributed by atoms with van der Waals surface area (Å²) in [4.78, 5) is 19.0. The molecule has 0 bridgehead atoms. The molecule has 1 amide bonds. The molecule has 1 aromatic heterocycles. The summed E-state index contributed by atoms with van der Waals surface area (Å²) >= 11 is -2.21. The number of piperidine rings is 1. The minimum absolute atomic E-state index is 0.00300. The largest absolute Gasteiger partial charge is 0.326 e. The lowest BCUT2D eigenvalue weighted by atomic mass is 10.1. The first kappa shape index (κ1) is 22.4. The molecule has 2 aromatic carbocycles. The molecule has 1 aliphatic heterocycles. The summed E-state index contributed by atoms with van der Waals surface area (Å²) < 4.78 is 23.5. The van der Waals surface area contributed by atoms with E-state index in [-0.39, 0.29) is 12.5 Å². The van der Waals surface area contributed by atoms with Gasteiger partial charge in [0.05, 0.1) is 17.7 Å². The number of carbonyl (C=O) groups excluding carboxylic acids is 1. The number of hydrogen-bond donors (Lipinski definition) is 2. The second kappa shape index (κ2) is 10.7. The van der Waals surface area contributed by atoms with Gasteiger partial charge in [0.15, 0.2) is 0 Å². The molecule has 32 heavy (non-hydrogen) atoms. The van der Waals surface area contributed by atoms with Crippen LogP contribution < -0.4 is 9.62 Å². The molecule has 8 heteroatoms. The highest BCUT2D eigenvalue weighted by Gasteiger charge is 2.17. The van der Waals surface area contributed by atoms with Crippen LogP contribution in [0.2, 0.25) is 0 Å². The highest BCUT2D eigenvalue weighted by atomic mass is 32.2. The summed E-state index contributed by atoms with van der Waals surface area (Å²) in [5.41, 5.74) is 2.85. The Morgan fingerprint density at radius 1 is 1.06 bits per heavy atom. The molecule has 3 aromatic rings. The van der Waals surface area contributed by atoms with Crippen molar-refractivity contribution >= 4 is 39.5 Å². The molecule has 2 N–H and O–H groups in total. The molecule has 0 aliphatic carbocycles. The van der Waals surface area contributed by atoms with Crippen molar-refractivity contribution in [3.63, 3.8) is 0 Å². The number of hydrogen-bond acceptors (Lipinski definition) is 4. The third-order valence-corrected chi connectivity index (χ3v) is 6.44. The Bertz CT molecular complexity index is 1080. The van der Waals surface area contributed by atoms with Crippen LogP contribution in [0.1, 0.15) is 31.2 Å². The quantitative estimate of drug-likeness (QED) is 0.501. The van der Waals surface area contributed by atoms with Crippen LogP contribution >= 0.6 is 0 Å². The number of benzene rings is 2. The Balaban J connectivity index is 1.39. The molecular formula is C24H28N4O3S. The first-order valence-corrected chi connectivity index (χ1v) is 12.0. The number of fused-ring (bicyclic) bond motifs is 1. The third-order valence-electron chi connectivity index (χ3n) is 5.74. The lowest BCUT2D eigenvalue weighted by Gasteiger charge is -2.25. The summed E-state index contributed by atoms with van der Waals surface area (Å²) in [5, 5.41) is 3.85. The van der Waals surface area contributed by atoms with Crippen molar-refractivity contribution in [1.82, 2.24) is 9.88 Å². The lowest BCUT2D eigenvalue weighted by molar-refractivity contribution is -0.116. The summed E-state index contributed by atoms with van der Waals surface area (Å²) in [6, 6.07) is 16.7. The fourth-order valence-electron chi connectivity index (χ4n) is 4.04. The molecule has 1 fully saturated rings. The van der Waals surface area contributed by atoms with Gasteiger partial charge in [0.2, 0.25) is 5.91 Å². The number of aromatic nitrogens is 1. The van der Waals surface area contributed by atoms with Gasteiger partial charge in [-0.3, -0.25) is 18.6 Å². The van der Waals surface area contributed by atoms with Crippen molar-refractivity contribution in [3.8, 4) is 0 Å². The fraction of sp³-hybridized carbons (Fsp3) is 0.333. The van der Waals surface area contributed by atoms with Crippen LogP contribution in [0, 0.1) is 0 Å². The van der Waals surface area contributed by atoms with Crippen molar-refractivity contribution in [2.45, 2.75) is 32.2 Å². The first-order valence-electron chi connectivity index (χ1n) is 10.9. The Hall–Kier alpha value is -2.81. The number of rotatable bonds is 8. The van der Waals surface area contributed by atoms with Gasteiger partial charge in [0.25, 0.3) is 11.3 Å². The zero-order valence-corrected chi connectivity index (χ0v) is 18.8. The van der Waals surface area contributed by atoms with Gasteiger partial charge in [-0.2, -0.15) is 0 Å². The molecule has 1 aliphatic rings.